The standard InChI is InChI=1S/C24H25FN2O2/c1-3-17-4-10-20(11-5-17)27-23(28)21(18-6-8-19(25)9-7-18)22(24(27)29)26-14-12-16(2)13-15-26/h4-11,16H,3,12-15H2,1-2H3. The molecule has 0 aliphatic carbocycles. The summed E-state index contributed by atoms with van der Waals surface area (Å²) in [4.78, 5) is 30.1. The van der Waals surface area contributed by atoms with E-state index in [1.54, 1.807) is 12.1 Å². The average Bonchev–Trinajstić information content (AvgIpc) is 2.99. The molecule has 2 aromatic carbocycles. The highest BCUT2D eigenvalue weighted by Crippen LogP contribution is 2.36. The average molecular weight is 392 g/mol. The van der Waals surface area contributed by atoms with Crippen molar-refractivity contribution in [2.24, 2.45) is 5.92 Å². The van der Waals surface area contributed by atoms with Gasteiger partial charge >= 0.3 is 0 Å². The van der Waals surface area contributed by atoms with Crippen LogP contribution in [-0.4, -0.2) is 29.8 Å². The Morgan fingerprint density at radius 1 is 0.931 bits per heavy atom. The largest absolute Gasteiger partial charge is 0.366 e. The van der Waals surface area contributed by atoms with Crippen LogP contribution in [0.25, 0.3) is 5.57 Å². The van der Waals surface area contributed by atoms with Crippen molar-refractivity contribution in [1.82, 2.24) is 4.90 Å². The van der Waals surface area contributed by atoms with Gasteiger partial charge in [-0.2, -0.15) is 0 Å². The second kappa shape index (κ2) is 7.82. The van der Waals surface area contributed by atoms with Gasteiger partial charge in [-0.1, -0.05) is 38.1 Å². The number of hydrogen-bond donors (Lipinski definition) is 0. The van der Waals surface area contributed by atoms with E-state index >= 15 is 0 Å². The van der Waals surface area contributed by atoms with Gasteiger partial charge in [0.2, 0.25) is 0 Å². The van der Waals surface area contributed by atoms with Crippen LogP contribution in [-0.2, 0) is 16.0 Å². The monoisotopic (exact) mass is 392 g/mol. The molecule has 0 N–H and O–H groups in total. The predicted octanol–water partition coefficient (Wildman–Crippen LogP) is 4.40. The molecular formula is C24H25FN2O2. The van der Waals surface area contributed by atoms with Gasteiger partial charge in [0, 0.05) is 13.1 Å². The Kier molecular flexibility index (Phi) is 5.22. The maximum Gasteiger partial charge on any atom is 0.282 e. The van der Waals surface area contributed by atoms with E-state index in [-0.39, 0.29) is 17.6 Å². The molecule has 0 aromatic heterocycles. The molecule has 0 saturated carbocycles. The van der Waals surface area contributed by atoms with E-state index < -0.39 is 0 Å². The van der Waals surface area contributed by atoms with Crippen molar-refractivity contribution in [2.75, 3.05) is 18.0 Å². The molecule has 29 heavy (non-hydrogen) atoms. The third-order valence-corrected chi connectivity index (χ3v) is 5.89. The fourth-order valence-corrected chi connectivity index (χ4v) is 4.04. The second-order valence-electron chi connectivity index (χ2n) is 7.87. The van der Waals surface area contributed by atoms with E-state index in [2.05, 4.69) is 13.8 Å². The Bertz CT molecular complexity index is 955. The van der Waals surface area contributed by atoms with Crippen LogP contribution < -0.4 is 4.90 Å². The lowest BCUT2D eigenvalue weighted by atomic mass is 9.97. The smallest absolute Gasteiger partial charge is 0.282 e. The summed E-state index contributed by atoms with van der Waals surface area (Å²) in [5, 5.41) is 0. The second-order valence-corrected chi connectivity index (χ2v) is 7.87. The molecular weight excluding hydrogens is 367 g/mol. The van der Waals surface area contributed by atoms with Gasteiger partial charge in [-0.05, 0) is 60.6 Å². The van der Waals surface area contributed by atoms with Crippen LogP contribution in [0.3, 0.4) is 0 Å². The molecule has 0 radical (unpaired) electrons. The van der Waals surface area contributed by atoms with Crippen molar-refractivity contribution < 1.29 is 14.0 Å². The number of aryl methyl sites for hydroxylation is 1. The third-order valence-electron chi connectivity index (χ3n) is 5.89. The van der Waals surface area contributed by atoms with Crippen molar-refractivity contribution in [3.63, 3.8) is 0 Å². The summed E-state index contributed by atoms with van der Waals surface area (Å²) in [6.07, 6.45) is 2.85. The first kappa shape index (κ1) is 19.4. The number of hydrogen-bond acceptors (Lipinski definition) is 3. The molecule has 0 atom stereocenters. The lowest BCUT2D eigenvalue weighted by molar-refractivity contribution is -0.120. The van der Waals surface area contributed by atoms with Gasteiger partial charge in [0.25, 0.3) is 11.8 Å². The van der Waals surface area contributed by atoms with Gasteiger partial charge in [0.1, 0.15) is 11.5 Å². The Morgan fingerprint density at radius 2 is 1.55 bits per heavy atom. The highest BCUT2D eigenvalue weighted by molar-refractivity contribution is 6.45. The van der Waals surface area contributed by atoms with E-state index in [0.29, 0.717) is 28.4 Å². The maximum atomic E-state index is 13.5. The first-order chi connectivity index (χ1) is 14.0. The number of piperidine rings is 1. The number of carbonyl (C=O) groups excluding carboxylic acids is 2. The highest BCUT2D eigenvalue weighted by atomic mass is 19.1. The molecule has 2 heterocycles. The number of nitrogens with zero attached hydrogens (tertiary/aromatic N) is 2. The topological polar surface area (TPSA) is 40.6 Å². The quantitative estimate of drug-likeness (QED) is 0.724. The normalized spacial score (nSPS) is 18.2. The summed E-state index contributed by atoms with van der Waals surface area (Å²) < 4.78 is 13.5. The van der Waals surface area contributed by atoms with Gasteiger partial charge < -0.3 is 4.90 Å². The van der Waals surface area contributed by atoms with E-state index in [1.807, 2.05) is 29.2 Å². The van der Waals surface area contributed by atoms with Crippen molar-refractivity contribution in [3.8, 4) is 0 Å². The number of imide groups is 1. The number of amides is 2. The number of carbonyl (C=O) groups is 2. The molecule has 4 rings (SSSR count). The Labute approximate surface area is 170 Å². The molecule has 1 saturated heterocycles. The molecule has 2 aromatic rings. The fourth-order valence-electron chi connectivity index (χ4n) is 4.04. The summed E-state index contributed by atoms with van der Waals surface area (Å²) >= 11 is 0. The Morgan fingerprint density at radius 3 is 2.14 bits per heavy atom. The van der Waals surface area contributed by atoms with Crippen LogP contribution in [0.15, 0.2) is 54.2 Å². The van der Waals surface area contributed by atoms with Crippen molar-refractivity contribution in [3.05, 3.63) is 71.2 Å². The third kappa shape index (κ3) is 3.57. The lowest BCUT2D eigenvalue weighted by Gasteiger charge is -2.32. The molecule has 0 spiro atoms. The van der Waals surface area contributed by atoms with Crippen molar-refractivity contribution in [2.45, 2.75) is 33.1 Å². The van der Waals surface area contributed by atoms with Gasteiger partial charge in [-0.25, -0.2) is 9.29 Å². The van der Waals surface area contributed by atoms with Crippen LogP contribution >= 0.6 is 0 Å². The minimum atomic E-state index is -0.369. The Hall–Kier alpha value is -2.95. The summed E-state index contributed by atoms with van der Waals surface area (Å²) in [6.45, 7) is 5.74. The zero-order valence-corrected chi connectivity index (χ0v) is 16.8. The number of anilines is 1. The van der Waals surface area contributed by atoms with Crippen LogP contribution in [0, 0.1) is 11.7 Å². The van der Waals surface area contributed by atoms with Crippen LogP contribution in [0.4, 0.5) is 10.1 Å². The number of benzene rings is 2. The van der Waals surface area contributed by atoms with Crippen LogP contribution in [0.1, 0.15) is 37.8 Å². The minimum absolute atomic E-state index is 0.298. The highest BCUT2D eigenvalue weighted by Gasteiger charge is 2.42. The zero-order chi connectivity index (χ0) is 20.5. The fraction of sp³-hybridized carbons (Fsp3) is 0.333. The van der Waals surface area contributed by atoms with Gasteiger partial charge in [0.05, 0.1) is 11.3 Å². The molecule has 1 fully saturated rings. The minimum Gasteiger partial charge on any atom is -0.366 e. The van der Waals surface area contributed by atoms with Gasteiger partial charge in [-0.15, -0.1) is 0 Å². The Balaban J connectivity index is 1.77. The first-order valence-electron chi connectivity index (χ1n) is 10.2. The van der Waals surface area contributed by atoms with Crippen LogP contribution in [0.2, 0.25) is 0 Å². The van der Waals surface area contributed by atoms with Crippen LogP contribution in [0.5, 0.6) is 0 Å². The van der Waals surface area contributed by atoms with E-state index in [1.165, 1.54) is 17.0 Å². The molecule has 2 aliphatic heterocycles. The van der Waals surface area contributed by atoms with Gasteiger partial charge in [-0.3, -0.25) is 9.59 Å². The maximum absolute atomic E-state index is 13.5. The van der Waals surface area contributed by atoms with Crippen molar-refractivity contribution >= 4 is 23.1 Å². The van der Waals surface area contributed by atoms with E-state index in [0.717, 1.165) is 37.9 Å². The zero-order valence-electron chi connectivity index (χ0n) is 16.8. The molecule has 0 unspecified atom stereocenters. The predicted molar refractivity (Wildman–Crippen MR) is 112 cm³/mol. The van der Waals surface area contributed by atoms with E-state index in [4.69, 9.17) is 0 Å². The van der Waals surface area contributed by atoms with Gasteiger partial charge in [0.15, 0.2) is 0 Å². The summed E-state index contributed by atoms with van der Waals surface area (Å²) in [7, 11) is 0. The van der Waals surface area contributed by atoms with E-state index in [9.17, 15) is 14.0 Å². The number of rotatable bonds is 4. The summed E-state index contributed by atoms with van der Waals surface area (Å²) in [5.74, 6) is -0.412. The summed E-state index contributed by atoms with van der Waals surface area (Å²) in [6, 6.07) is 13.3. The molecule has 5 heteroatoms. The number of likely N-dealkylation sites (tertiary alicyclic amines) is 1. The molecule has 4 nitrogen and oxygen atoms in total. The lowest BCUT2D eigenvalue weighted by Crippen LogP contribution is -2.38. The number of halogens is 1. The molecule has 2 aliphatic rings. The summed E-state index contributed by atoms with van der Waals surface area (Å²) in [5.41, 5.74) is 3.09. The first-order valence-corrected chi connectivity index (χ1v) is 10.2. The molecule has 150 valence electrons. The molecule has 0 bridgehead atoms. The van der Waals surface area contributed by atoms with Crippen molar-refractivity contribution in [1.29, 1.82) is 0 Å². The SMILES string of the molecule is CCc1ccc(N2C(=O)C(c3ccc(F)cc3)=C(N3CCC(C)CC3)C2=O)cc1. The molecule has 2 amide bonds.